The van der Waals surface area contributed by atoms with E-state index in [9.17, 15) is 4.79 Å². The lowest BCUT2D eigenvalue weighted by molar-refractivity contribution is -0.118. The van der Waals surface area contributed by atoms with Gasteiger partial charge in [-0.3, -0.25) is 9.48 Å². The van der Waals surface area contributed by atoms with Crippen molar-refractivity contribution in [3.8, 4) is 0 Å². The first-order valence-corrected chi connectivity index (χ1v) is 11.9. The summed E-state index contributed by atoms with van der Waals surface area (Å²) in [5, 5.41) is 16.7. The normalized spacial score (nSPS) is 11.0. The molecule has 2 aromatic heterocycles. The van der Waals surface area contributed by atoms with E-state index in [1.165, 1.54) is 17.3 Å². The SMILES string of the molecule is Cc1cc(C)n(Cc2cccc(CNC(=O)CSc3nnc(C)n3Cc3ccccc3)c2)n1. The average Bonchev–Trinajstić information content (AvgIpc) is 3.32. The smallest absolute Gasteiger partial charge is 0.230 e. The molecule has 1 N–H and O–H groups in total. The zero-order valence-electron chi connectivity index (χ0n) is 19.2. The minimum absolute atomic E-state index is 0.0316. The molecule has 0 atom stereocenters. The van der Waals surface area contributed by atoms with Gasteiger partial charge in [-0.2, -0.15) is 5.10 Å². The first kappa shape index (κ1) is 22.8. The lowest BCUT2D eigenvalue weighted by Gasteiger charge is -2.10. The van der Waals surface area contributed by atoms with Gasteiger partial charge in [0.25, 0.3) is 0 Å². The van der Waals surface area contributed by atoms with Crippen molar-refractivity contribution in [3.05, 3.63) is 94.6 Å². The first-order valence-electron chi connectivity index (χ1n) is 10.9. The van der Waals surface area contributed by atoms with Crippen LogP contribution >= 0.6 is 11.8 Å². The molecule has 0 bridgehead atoms. The monoisotopic (exact) mass is 460 g/mol. The van der Waals surface area contributed by atoms with Gasteiger partial charge in [0, 0.05) is 12.2 Å². The van der Waals surface area contributed by atoms with E-state index < -0.39 is 0 Å². The standard InChI is InChI=1S/C25H28N6OS/c1-18-12-19(2)31(29-18)16-23-11-7-10-22(13-23)14-26-24(32)17-33-25-28-27-20(3)30(25)15-21-8-5-4-6-9-21/h4-13H,14-17H2,1-3H3,(H,26,32). The summed E-state index contributed by atoms with van der Waals surface area (Å²) in [4.78, 5) is 12.5. The zero-order valence-corrected chi connectivity index (χ0v) is 20.0. The minimum atomic E-state index is -0.0316. The summed E-state index contributed by atoms with van der Waals surface area (Å²) in [5.41, 5.74) is 5.55. The van der Waals surface area contributed by atoms with Gasteiger partial charge in [0.05, 0.1) is 24.5 Å². The second-order valence-electron chi connectivity index (χ2n) is 8.07. The Morgan fingerprint density at radius 3 is 2.42 bits per heavy atom. The Labute approximate surface area is 198 Å². The molecule has 0 aliphatic heterocycles. The molecule has 0 aliphatic rings. The maximum Gasteiger partial charge on any atom is 0.230 e. The fourth-order valence-corrected chi connectivity index (χ4v) is 4.46. The van der Waals surface area contributed by atoms with E-state index in [1.54, 1.807) is 0 Å². The number of thioether (sulfide) groups is 1. The van der Waals surface area contributed by atoms with E-state index in [0.29, 0.717) is 25.4 Å². The van der Waals surface area contributed by atoms with E-state index in [4.69, 9.17) is 0 Å². The third-order valence-electron chi connectivity index (χ3n) is 5.33. The van der Waals surface area contributed by atoms with E-state index in [2.05, 4.69) is 57.9 Å². The number of nitrogens with one attached hydrogen (secondary N) is 1. The molecule has 8 heteroatoms. The molecular weight excluding hydrogens is 432 g/mol. The summed E-state index contributed by atoms with van der Waals surface area (Å²) in [5.74, 6) is 1.09. The predicted molar refractivity (Wildman–Crippen MR) is 130 cm³/mol. The summed E-state index contributed by atoms with van der Waals surface area (Å²) in [7, 11) is 0. The predicted octanol–water partition coefficient (Wildman–Crippen LogP) is 3.90. The van der Waals surface area contributed by atoms with Gasteiger partial charge >= 0.3 is 0 Å². The number of carbonyl (C=O) groups is 1. The summed E-state index contributed by atoms with van der Waals surface area (Å²) in [6.45, 7) is 7.88. The Morgan fingerprint density at radius 2 is 1.67 bits per heavy atom. The topological polar surface area (TPSA) is 77.6 Å². The van der Waals surface area contributed by atoms with Crippen LogP contribution in [-0.2, 0) is 24.4 Å². The van der Waals surface area contributed by atoms with Gasteiger partial charge in [-0.1, -0.05) is 66.4 Å². The highest BCUT2D eigenvalue weighted by Gasteiger charge is 2.12. The number of aryl methyl sites for hydroxylation is 3. The zero-order chi connectivity index (χ0) is 23.2. The van der Waals surface area contributed by atoms with Crippen LogP contribution in [0.5, 0.6) is 0 Å². The molecule has 2 heterocycles. The van der Waals surface area contributed by atoms with E-state index in [-0.39, 0.29) is 5.91 Å². The summed E-state index contributed by atoms with van der Waals surface area (Å²) >= 11 is 1.40. The molecule has 33 heavy (non-hydrogen) atoms. The number of benzene rings is 2. The Kier molecular flexibility index (Phi) is 7.24. The minimum Gasteiger partial charge on any atom is -0.351 e. The first-order chi connectivity index (χ1) is 16.0. The van der Waals surface area contributed by atoms with Crippen LogP contribution in [0.4, 0.5) is 0 Å². The summed E-state index contributed by atoms with van der Waals surface area (Å²) < 4.78 is 4.03. The molecule has 4 aromatic rings. The Balaban J connectivity index is 1.30. The number of hydrogen-bond donors (Lipinski definition) is 1. The van der Waals surface area contributed by atoms with Crippen molar-refractivity contribution < 1.29 is 4.79 Å². The van der Waals surface area contributed by atoms with Gasteiger partial charge in [0.15, 0.2) is 5.16 Å². The van der Waals surface area contributed by atoms with Crippen molar-refractivity contribution in [3.63, 3.8) is 0 Å². The quantitative estimate of drug-likeness (QED) is 0.383. The van der Waals surface area contributed by atoms with Crippen LogP contribution in [0.3, 0.4) is 0 Å². The highest BCUT2D eigenvalue weighted by molar-refractivity contribution is 7.99. The molecule has 7 nitrogen and oxygen atoms in total. The maximum absolute atomic E-state index is 12.5. The van der Waals surface area contributed by atoms with Crippen LogP contribution in [0.1, 0.15) is 33.9 Å². The highest BCUT2D eigenvalue weighted by atomic mass is 32.2. The van der Waals surface area contributed by atoms with Crippen LogP contribution < -0.4 is 5.32 Å². The van der Waals surface area contributed by atoms with Crippen molar-refractivity contribution >= 4 is 17.7 Å². The summed E-state index contributed by atoms with van der Waals surface area (Å²) in [6.07, 6.45) is 0. The third-order valence-corrected chi connectivity index (χ3v) is 6.30. The van der Waals surface area contributed by atoms with E-state index >= 15 is 0 Å². The lowest BCUT2D eigenvalue weighted by Crippen LogP contribution is -2.24. The summed E-state index contributed by atoms with van der Waals surface area (Å²) in [6, 6.07) is 20.5. The molecule has 0 fully saturated rings. The second kappa shape index (κ2) is 10.5. The molecule has 0 radical (unpaired) electrons. The maximum atomic E-state index is 12.5. The lowest BCUT2D eigenvalue weighted by atomic mass is 10.1. The fraction of sp³-hybridized carbons (Fsp3) is 0.280. The van der Waals surface area contributed by atoms with Crippen LogP contribution in [0.25, 0.3) is 0 Å². The molecular formula is C25H28N6OS. The van der Waals surface area contributed by atoms with E-state index in [1.807, 2.05) is 53.4 Å². The van der Waals surface area contributed by atoms with Crippen LogP contribution in [0, 0.1) is 20.8 Å². The number of nitrogens with zero attached hydrogens (tertiary/aromatic N) is 5. The van der Waals surface area contributed by atoms with Crippen LogP contribution in [0.2, 0.25) is 0 Å². The molecule has 0 saturated carbocycles. The Morgan fingerprint density at radius 1 is 0.909 bits per heavy atom. The van der Waals surface area contributed by atoms with Crippen molar-refractivity contribution in [2.45, 2.75) is 45.6 Å². The van der Waals surface area contributed by atoms with Crippen LogP contribution in [0.15, 0.2) is 65.8 Å². The number of hydrogen-bond acceptors (Lipinski definition) is 5. The molecule has 0 saturated heterocycles. The Hall–Kier alpha value is -3.39. The average molecular weight is 461 g/mol. The van der Waals surface area contributed by atoms with Gasteiger partial charge in [0.1, 0.15) is 5.82 Å². The molecule has 0 unspecified atom stereocenters. The highest BCUT2D eigenvalue weighted by Crippen LogP contribution is 2.18. The van der Waals surface area contributed by atoms with Crippen LogP contribution in [-0.4, -0.2) is 36.2 Å². The van der Waals surface area contributed by atoms with Gasteiger partial charge in [-0.05, 0) is 43.5 Å². The molecule has 4 rings (SSSR count). The molecule has 0 spiro atoms. The number of carbonyl (C=O) groups excluding carboxylic acids is 1. The largest absolute Gasteiger partial charge is 0.351 e. The van der Waals surface area contributed by atoms with Crippen molar-refractivity contribution in [1.29, 1.82) is 0 Å². The molecule has 0 aliphatic carbocycles. The van der Waals surface area contributed by atoms with Gasteiger partial charge in [-0.25, -0.2) is 0 Å². The van der Waals surface area contributed by atoms with E-state index in [0.717, 1.165) is 33.5 Å². The van der Waals surface area contributed by atoms with Gasteiger partial charge in [0.2, 0.25) is 5.91 Å². The van der Waals surface area contributed by atoms with Crippen molar-refractivity contribution in [2.24, 2.45) is 0 Å². The Bertz CT molecular complexity index is 1230. The van der Waals surface area contributed by atoms with Crippen molar-refractivity contribution in [1.82, 2.24) is 29.9 Å². The molecule has 170 valence electrons. The fourth-order valence-electron chi connectivity index (χ4n) is 3.64. The molecule has 2 aromatic carbocycles. The number of rotatable bonds is 9. The van der Waals surface area contributed by atoms with Crippen molar-refractivity contribution in [2.75, 3.05) is 5.75 Å². The number of aromatic nitrogens is 5. The molecule has 1 amide bonds. The van der Waals surface area contributed by atoms with Gasteiger partial charge < -0.3 is 9.88 Å². The third kappa shape index (κ3) is 6.10. The van der Waals surface area contributed by atoms with Gasteiger partial charge in [-0.15, -0.1) is 10.2 Å². The number of amides is 1. The second-order valence-corrected chi connectivity index (χ2v) is 9.01.